The van der Waals surface area contributed by atoms with E-state index in [0.717, 1.165) is 0 Å². The van der Waals surface area contributed by atoms with Gasteiger partial charge in [-0.15, -0.1) is 0 Å². The minimum Gasteiger partial charge on any atom is -0.458 e. The number of aliphatic hydroxyl groups is 2. The minimum atomic E-state index is -1.23. The molecule has 4 nitrogen and oxygen atoms in total. The number of carbonyl (C=O) groups excluding carboxylic acids is 1. The van der Waals surface area contributed by atoms with Crippen LogP contribution in [0.15, 0.2) is 0 Å². The van der Waals surface area contributed by atoms with E-state index in [1.807, 2.05) is 6.92 Å². The highest BCUT2D eigenvalue weighted by molar-refractivity contribution is 5.72. The molecule has 0 rings (SSSR count). The van der Waals surface area contributed by atoms with Crippen molar-refractivity contribution in [3.8, 4) is 0 Å². The van der Waals surface area contributed by atoms with Crippen LogP contribution in [0.5, 0.6) is 0 Å². The zero-order chi connectivity index (χ0) is 15.6. The molecule has 0 aliphatic heterocycles. The Labute approximate surface area is 117 Å². The van der Waals surface area contributed by atoms with Crippen LogP contribution in [-0.2, 0) is 9.53 Å². The van der Waals surface area contributed by atoms with Gasteiger partial charge in [0.2, 0.25) is 0 Å². The number of hydrogen-bond donors (Lipinski definition) is 2. The van der Waals surface area contributed by atoms with Gasteiger partial charge in [0.15, 0.2) is 0 Å². The Morgan fingerprint density at radius 2 is 1.53 bits per heavy atom. The Bertz CT molecular complexity index is 307. The average molecular weight is 274 g/mol. The molecule has 0 saturated carbocycles. The molecule has 0 heterocycles. The summed E-state index contributed by atoms with van der Waals surface area (Å²) in [5.41, 5.74) is -3.10. The topological polar surface area (TPSA) is 66.8 Å². The molecule has 0 spiro atoms. The van der Waals surface area contributed by atoms with Gasteiger partial charge in [-0.3, -0.25) is 4.79 Å². The third kappa shape index (κ3) is 4.46. The van der Waals surface area contributed by atoms with E-state index in [4.69, 9.17) is 4.74 Å². The lowest BCUT2D eigenvalue weighted by molar-refractivity contribution is -0.203. The van der Waals surface area contributed by atoms with Crippen LogP contribution in [0.4, 0.5) is 0 Å². The van der Waals surface area contributed by atoms with E-state index in [2.05, 4.69) is 0 Å². The van der Waals surface area contributed by atoms with Crippen molar-refractivity contribution in [3.63, 3.8) is 0 Å². The molecule has 0 aliphatic rings. The summed E-state index contributed by atoms with van der Waals surface area (Å²) in [5.74, 6) is -0.561. The molecule has 0 aliphatic carbocycles. The number of hydrogen-bond acceptors (Lipinski definition) is 4. The fourth-order valence-electron chi connectivity index (χ4n) is 1.89. The van der Waals surface area contributed by atoms with Gasteiger partial charge in [0.1, 0.15) is 6.10 Å². The van der Waals surface area contributed by atoms with Gasteiger partial charge in [-0.05, 0) is 34.1 Å². The van der Waals surface area contributed by atoms with E-state index >= 15 is 0 Å². The number of carbonyl (C=O) groups is 1. The highest BCUT2D eigenvalue weighted by Crippen LogP contribution is 2.40. The minimum absolute atomic E-state index is 0.220. The van der Waals surface area contributed by atoms with Crippen molar-refractivity contribution in [2.45, 2.75) is 79.1 Å². The van der Waals surface area contributed by atoms with Crippen molar-refractivity contribution in [3.05, 3.63) is 0 Å². The fourth-order valence-corrected chi connectivity index (χ4v) is 1.89. The highest BCUT2D eigenvalue weighted by Gasteiger charge is 2.50. The smallest absolute Gasteiger partial charge is 0.309 e. The summed E-state index contributed by atoms with van der Waals surface area (Å²) in [4.78, 5) is 12.0. The molecule has 0 aromatic heterocycles. The first-order valence-corrected chi connectivity index (χ1v) is 6.90. The van der Waals surface area contributed by atoms with E-state index in [1.54, 1.807) is 48.5 Å². The monoisotopic (exact) mass is 274 g/mol. The van der Waals surface area contributed by atoms with Crippen LogP contribution in [0, 0.1) is 11.3 Å². The first-order chi connectivity index (χ1) is 8.25. The normalized spacial score (nSPS) is 16.9. The summed E-state index contributed by atoms with van der Waals surface area (Å²) in [6, 6.07) is 0. The van der Waals surface area contributed by atoms with Crippen molar-refractivity contribution >= 4 is 5.97 Å². The first kappa shape index (κ1) is 18.4. The molecule has 4 heteroatoms. The van der Waals surface area contributed by atoms with E-state index in [-0.39, 0.29) is 11.9 Å². The second-order valence-corrected chi connectivity index (χ2v) is 7.06. The van der Waals surface area contributed by atoms with Gasteiger partial charge >= 0.3 is 5.97 Å². The SMILES string of the molecule is CCC(C)C(=O)OC(C(C)(C)O)C(C)(C)C(C)(C)O. The number of rotatable bonds is 6. The Morgan fingerprint density at radius 1 is 1.11 bits per heavy atom. The third-order valence-electron chi connectivity index (χ3n) is 4.12. The summed E-state index contributed by atoms with van der Waals surface area (Å²) in [7, 11) is 0. The molecule has 0 aromatic carbocycles. The molecule has 19 heavy (non-hydrogen) atoms. The second-order valence-electron chi connectivity index (χ2n) is 7.06. The molecular formula is C15H30O4. The van der Waals surface area contributed by atoms with Crippen molar-refractivity contribution in [1.29, 1.82) is 0 Å². The quantitative estimate of drug-likeness (QED) is 0.730. The van der Waals surface area contributed by atoms with Gasteiger partial charge in [0.25, 0.3) is 0 Å². The fraction of sp³-hybridized carbons (Fsp3) is 0.933. The van der Waals surface area contributed by atoms with Crippen molar-refractivity contribution in [1.82, 2.24) is 0 Å². The maximum atomic E-state index is 12.0. The van der Waals surface area contributed by atoms with Gasteiger partial charge in [-0.1, -0.05) is 27.7 Å². The Morgan fingerprint density at radius 3 is 1.79 bits per heavy atom. The van der Waals surface area contributed by atoms with Crippen LogP contribution >= 0.6 is 0 Å². The standard InChI is InChI=1S/C15H30O4/c1-9-10(2)11(16)19-12(14(5,6)17)13(3,4)15(7,8)18/h10,12,17-18H,9H2,1-8H3. The molecule has 114 valence electrons. The average Bonchev–Trinajstić information content (AvgIpc) is 2.20. The predicted molar refractivity (Wildman–Crippen MR) is 75.7 cm³/mol. The molecule has 0 radical (unpaired) electrons. The molecular weight excluding hydrogens is 244 g/mol. The third-order valence-corrected chi connectivity index (χ3v) is 4.12. The van der Waals surface area contributed by atoms with Gasteiger partial charge in [-0.2, -0.15) is 0 Å². The van der Waals surface area contributed by atoms with Crippen molar-refractivity contribution < 1.29 is 19.7 Å². The number of esters is 1. The Balaban J connectivity index is 5.33. The van der Waals surface area contributed by atoms with Crippen LogP contribution < -0.4 is 0 Å². The summed E-state index contributed by atoms with van der Waals surface area (Å²) in [6.07, 6.45) is -0.109. The summed E-state index contributed by atoms with van der Waals surface area (Å²) >= 11 is 0. The van der Waals surface area contributed by atoms with Crippen LogP contribution in [0.25, 0.3) is 0 Å². The maximum Gasteiger partial charge on any atom is 0.309 e. The van der Waals surface area contributed by atoms with E-state index in [0.29, 0.717) is 6.42 Å². The molecule has 0 saturated heterocycles. The first-order valence-electron chi connectivity index (χ1n) is 6.90. The van der Waals surface area contributed by atoms with Gasteiger partial charge in [-0.25, -0.2) is 0 Å². The van der Waals surface area contributed by atoms with Gasteiger partial charge in [0.05, 0.1) is 17.1 Å². The highest BCUT2D eigenvalue weighted by atomic mass is 16.6. The largest absolute Gasteiger partial charge is 0.458 e. The summed E-state index contributed by atoms with van der Waals surface area (Å²) in [5, 5.41) is 20.6. The molecule has 0 fully saturated rings. The van der Waals surface area contributed by atoms with Gasteiger partial charge < -0.3 is 14.9 Å². The van der Waals surface area contributed by atoms with Gasteiger partial charge in [0, 0.05) is 5.41 Å². The van der Waals surface area contributed by atoms with Crippen LogP contribution in [-0.4, -0.2) is 33.5 Å². The van der Waals surface area contributed by atoms with E-state index in [1.165, 1.54) is 0 Å². The number of ether oxygens (including phenoxy) is 1. The lowest BCUT2D eigenvalue weighted by Gasteiger charge is -2.47. The zero-order valence-electron chi connectivity index (χ0n) is 13.6. The lowest BCUT2D eigenvalue weighted by atomic mass is 9.68. The Hall–Kier alpha value is -0.610. The van der Waals surface area contributed by atoms with E-state index < -0.39 is 22.7 Å². The molecule has 0 aromatic rings. The van der Waals surface area contributed by atoms with Crippen molar-refractivity contribution in [2.75, 3.05) is 0 Å². The molecule has 2 atom stereocenters. The van der Waals surface area contributed by atoms with E-state index in [9.17, 15) is 15.0 Å². The molecule has 2 N–H and O–H groups in total. The van der Waals surface area contributed by atoms with Crippen LogP contribution in [0.3, 0.4) is 0 Å². The van der Waals surface area contributed by atoms with Crippen LogP contribution in [0.2, 0.25) is 0 Å². The Kier molecular flexibility index (Phi) is 5.61. The van der Waals surface area contributed by atoms with Crippen molar-refractivity contribution in [2.24, 2.45) is 11.3 Å². The second kappa shape index (κ2) is 5.80. The lowest BCUT2D eigenvalue weighted by Crippen LogP contribution is -2.57. The predicted octanol–water partition coefficient (Wildman–Crippen LogP) is 2.51. The molecule has 0 bridgehead atoms. The van der Waals surface area contributed by atoms with Crippen LogP contribution in [0.1, 0.15) is 61.8 Å². The maximum absolute atomic E-state index is 12.0. The zero-order valence-corrected chi connectivity index (χ0v) is 13.6. The summed E-state index contributed by atoms with van der Waals surface area (Å²) < 4.78 is 5.51. The molecule has 2 unspecified atom stereocenters. The molecule has 0 amide bonds. The summed E-state index contributed by atoms with van der Waals surface area (Å²) in [6.45, 7) is 13.8.